The van der Waals surface area contributed by atoms with E-state index in [9.17, 15) is 10.5 Å². The van der Waals surface area contributed by atoms with Gasteiger partial charge >= 0.3 is 0 Å². The van der Waals surface area contributed by atoms with Gasteiger partial charge in [-0.3, -0.25) is 0 Å². The largest absolute Gasteiger partial charge is 0.309 e. The van der Waals surface area contributed by atoms with Crippen molar-refractivity contribution in [1.82, 2.24) is 9.13 Å². The van der Waals surface area contributed by atoms with Crippen LogP contribution in [0, 0.1) is 22.7 Å². The van der Waals surface area contributed by atoms with Gasteiger partial charge in [-0.05, 0) is 89.5 Å². The molecule has 9 rings (SSSR count). The molecule has 0 saturated heterocycles. The molecule has 0 bridgehead atoms. The molecular weight excluding hydrogens is 585 g/mol. The zero-order valence-electron chi connectivity index (χ0n) is 25.8. The van der Waals surface area contributed by atoms with E-state index in [2.05, 4.69) is 137 Å². The summed E-state index contributed by atoms with van der Waals surface area (Å²) in [6.45, 7) is 0. The Morgan fingerprint density at radius 2 is 1.00 bits per heavy atom. The second-order valence-corrected chi connectivity index (χ2v) is 12.0. The Bertz CT molecular complexity index is 2800. The summed E-state index contributed by atoms with van der Waals surface area (Å²) in [4.78, 5) is 0. The maximum Gasteiger partial charge on any atom is 0.0992 e. The summed E-state index contributed by atoms with van der Waals surface area (Å²) >= 11 is 0. The predicted molar refractivity (Wildman–Crippen MR) is 195 cm³/mol. The van der Waals surface area contributed by atoms with Crippen molar-refractivity contribution in [2.45, 2.75) is 0 Å². The van der Waals surface area contributed by atoms with Crippen LogP contribution in [0.25, 0.3) is 77.2 Å². The minimum atomic E-state index is 0.603. The summed E-state index contributed by atoms with van der Waals surface area (Å²) in [5.74, 6) is 0. The van der Waals surface area contributed by atoms with E-state index in [1.807, 2.05) is 42.5 Å². The van der Waals surface area contributed by atoms with E-state index in [1.165, 1.54) is 27.4 Å². The molecule has 4 nitrogen and oxygen atoms in total. The summed E-state index contributed by atoms with van der Waals surface area (Å²) in [5, 5.41) is 23.9. The first-order valence-electron chi connectivity index (χ1n) is 15.9. The van der Waals surface area contributed by atoms with E-state index in [0.717, 1.165) is 49.9 Å². The fraction of sp³-hybridized carbons (Fsp3) is 0. The van der Waals surface area contributed by atoms with E-state index in [-0.39, 0.29) is 0 Å². The maximum absolute atomic E-state index is 9.75. The van der Waals surface area contributed by atoms with E-state index in [0.29, 0.717) is 11.1 Å². The zero-order chi connectivity index (χ0) is 32.2. The Morgan fingerprint density at radius 3 is 1.85 bits per heavy atom. The summed E-state index contributed by atoms with van der Waals surface area (Å²) in [6, 6.07) is 59.1. The molecule has 222 valence electrons. The van der Waals surface area contributed by atoms with Gasteiger partial charge in [0.1, 0.15) is 0 Å². The molecular formula is C44H26N4. The van der Waals surface area contributed by atoms with Crippen LogP contribution in [0.15, 0.2) is 158 Å². The summed E-state index contributed by atoms with van der Waals surface area (Å²) in [7, 11) is 0. The van der Waals surface area contributed by atoms with Crippen molar-refractivity contribution in [3.8, 4) is 45.8 Å². The van der Waals surface area contributed by atoms with Crippen molar-refractivity contribution < 1.29 is 0 Å². The highest BCUT2D eigenvalue weighted by Crippen LogP contribution is 2.40. The summed E-state index contributed by atoms with van der Waals surface area (Å²) in [6.07, 6.45) is 0. The molecule has 9 aromatic rings. The Morgan fingerprint density at radius 1 is 0.375 bits per heavy atom. The normalized spacial score (nSPS) is 11.3. The minimum Gasteiger partial charge on any atom is -0.309 e. The summed E-state index contributed by atoms with van der Waals surface area (Å²) in [5.41, 5.74) is 12.1. The molecule has 48 heavy (non-hydrogen) atoms. The number of aromatic nitrogens is 2. The predicted octanol–water partition coefficient (Wildman–Crippen LogP) is 11.0. The van der Waals surface area contributed by atoms with Gasteiger partial charge in [0, 0.05) is 38.5 Å². The average Bonchev–Trinajstić information content (AvgIpc) is 3.67. The number of nitrogens with zero attached hydrogens (tertiary/aromatic N) is 4. The fourth-order valence-corrected chi connectivity index (χ4v) is 7.23. The average molecular weight is 611 g/mol. The number of hydrogen-bond donors (Lipinski definition) is 0. The molecule has 0 saturated carbocycles. The number of nitriles is 2. The van der Waals surface area contributed by atoms with E-state index in [1.54, 1.807) is 0 Å². The third-order valence-electron chi connectivity index (χ3n) is 9.34. The fourth-order valence-electron chi connectivity index (χ4n) is 7.23. The lowest BCUT2D eigenvalue weighted by Crippen LogP contribution is -1.95. The van der Waals surface area contributed by atoms with Crippen LogP contribution in [-0.4, -0.2) is 9.13 Å². The van der Waals surface area contributed by atoms with Gasteiger partial charge in [0.2, 0.25) is 0 Å². The van der Waals surface area contributed by atoms with Crippen LogP contribution in [0.1, 0.15) is 11.1 Å². The second-order valence-electron chi connectivity index (χ2n) is 12.0. The number of fused-ring (bicyclic) bond motifs is 6. The van der Waals surface area contributed by atoms with Crippen molar-refractivity contribution in [2.75, 3.05) is 0 Å². The number of hydrogen-bond acceptors (Lipinski definition) is 2. The first-order valence-corrected chi connectivity index (χ1v) is 15.9. The Labute approximate surface area is 277 Å². The summed E-state index contributed by atoms with van der Waals surface area (Å²) < 4.78 is 4.55. The van der Waals surface area contributed by atoms with Crippen molar-refractivity contribution in [1.29, 1.82) is 10.5 Å². The lowest BCUT2D eigenvalue weighted by atomic mass is 9.96. The van der Waals surface area contributed by atoms with Crippen LogP contribution in [0.3, 0.4) is 0 Å². The van der Waals surface area contributed by atoms with Crippen LogP contribution in [0.2, 0.25) is 0 Å². The lowest BCUT2D eigenvalue weighted by molar-refractivity contribution is 1.18. The minimum absolute atomic E-state index is 0.603. The highest BCUT2D eigenvalue weighted by atomic mass is 15.0. The van der Waals surface area contributed by atoms with Crippen LogP contribution in [0.5, 0.6) is 0 Å². The van der Waals surface area contributed by atoms with Gasteiger partial charge in [0.05, 0.1) is 45.3 Å². The van der Waals surface area contributed by atoms with Crippen molar-refractivity contribution in [3.63, 3.8) is 0 Å². The molecule has 0 atom stereocenters. The van der Waals surface area contributed by atoms with Crippen molar-refractivity contribution >= 4 is 43.6 Å². The van der Waals surface area contributed by atoms with Crippen LogP contribution in [0.4, 0.5) is 0 Å². The molecule has 0 aliphatic rings. The molecule has 0 aliphatic carbocycles. The van der Waals surface area contributed by atoms with Crippen molar-refractivity contribution in [3.05, 3.63) is 169 Å². The number of rotatable bonds is 4. The standard InChI is InChI=1S/C44H26N4/c45-27-29-9-6-14-35(23-29)47-42-21-19-30(28-46)24-39(42)40-26-32(20-22-43(40)47)31-10-7-11-33(25-31)36-16-8-17-38-37-15-4-5-18-41(37)48(44(36)38)34-12-2-1-3-13-34/h1-26H. The molecule has 0 radical (unpaired) electrons. The second kappa shape index (κ2) is 10.9. The molecule has 2 aromatic heterocycles. The molecule has 7 aromatic carbocycles. The van der Waals surface area contributed by atoms with Gasteiger partial charge in [-0.1, -0.05) is 84.9 Å². The van der Waals surface area contributed by atoms with Gasteiger partial charge in [0.25, 0.3) is 0 Å². The Hall–Kier alpha value is -6.88. The molecule has 2 heterocycles. The van der Waals surface area contributed by atoms with Gasteiger partial charge in [-0.2, -0.15) is 10.5 Å². The Balaban J connectivity index is 1.25. The monoisotopic (exact) mass is 610 g/mol. The molecule has 0 N–H and O–H groups in total. The smallest absolute Gasteiger partial charge is 0.0992 e. The first kappa shape index (κ1) is 27.4. The Kier molecular flexibility index (Phi) is 6.22. The third kappa shape index (κ3) is 4.22. The van der Waals surface area contributed by atoms with Gasteiger partial charge in [-0.25, -0.2) is 0 Å². The molecule has 0 amide bonds. The van der Waals surface area contributed by atoms with Gasteiger partial charge < -0.3 is 9.13 Å². The van der Waals surface area contributed by atoms with E-state index < -0.39 is 0 Å². The first-order chi connectivity index (χ1) is 23.7. The zero-order valence-corrected chi connectivity index (χ0v) is 25.8. The maximum atomic E-state index is 9.75. The molecule has 4 heteroatoms. The van der Waals surface area contributed by atoms with Crippen LogP contribution >= 0.6 is 0 Å². The highest BCUT2D eigenvalue weighted by Gasteiger charge is 2.18. The van der Waals surface area contributed by atoms with Crippen LogP contribution in [-0.2, 0) is 0 Å². The molecule has 0 unspecified atom stereocenters. The lowest BCUT2D eigenvalue weighted by Gasteiger charge is -2.13. The van der Waals surface area contributed by atoms with Crippen LogP contribution < -0.4 is 0 Å². The topological polar surface area (TPSA) is 57.4 Å². The van der Waals surface area contributed by atoms with E-state index in [4.69, 9.17) is 0 Å². The highest BCUT2D eigenvalue weighted by molar-refractivity contribution is 6.14. The molecule has 0 aliphatic heterocycles. The van der Waals surface area contributed by atoms with Gasteiger partial charge in [0.15, 0.2) is 0 Å². The molecule has 0 spiro atoms. The number of para-hydroxylation sites is 3. The molecule has 0 fully saturated rings. The van der Waals surface area contributed by atoms with Gasteiger partial charge in [-0.15, -0.1) is 0 Å². The third-order valence-corrected chi connectivity index (χ3v) is 9.34. The SMILES string of the molecule is N#Cc1cccc(-n2c3ccc(C#N)cc3c3cc(-c4cccc(-c5cccc6c7ccccc7n(-c7ccccc7)c56)c4)ccc32)c1. The quantitative estimate of drug-likeness (QED) is 0.199. The van der Waals surface area contributed by atoms with Crippen molar-refractivity contribution in [2.24, 2.45) is 0 Å². The van der Waals surface area contributed by atoms with E-state index >= 15 is 0 Å². The number of benzene rings is 7.